The van der Waals surface area contributed by atoms with Gasteiger partial charge in [0.05, 0.1) is 5.75 Å². The fourth-order valence-corrected chi connectivity index (χ4v) is 3.51. The molecule has 2 aromatic carbocycles. The van der Waals surface area contributed by atoms with E-state index in [1.165, 1.54) is 24.3 Å². The minimum Gasteiger partial charge on any atom is -0.434 e. The van der Waals surface area contributed by atoms with Crippen LogP contribution in [0.3, 0.4) is 0 Å². The predicted octanol–water partition coefficient (Wildman–Crippen LogP) is 4.53. The lowest BCUT2D eigenvalue weighted by Gasteiger charge is -2.08. The van der Waals surface area contributed by atoms with Gasteiger partial charge in [-0.1, -0.05) is 46.3 Å². The molecule has 4 nitrogen and oxygen atoms in total. The van der Waals surface area contributed by atoms with Crippen LogP contribution in [0.4, 0.5) is 8.78 Å². The van der Waals surface area contributed by atoms with Crippen LogP contribution in [0.25, 0.3) is 6.08 Å². The quantitative estimate of drug-likeness (QED) is 0.635. The van der Waals surface area contributed by atoms with E-state index in [0.717, 1.165) is 10.5 Å². The highest BCUT2D eigenvalue weighted by molar-refractivity contribution is 9.10. The minimum atomic E-state index is -3.94. The molecule has 0 bridgehead atoms. The van der Waals surface area contributed by atoms with Gasteiger partial charge in [-0.15, -0.1) is 0 Å². The van der Waals surface area contributed by atoms with Gasteiger partial charge in [-0.05, 0) is 29.8 Å². The highest BCUT2D eigenvalue weighted by atomic mass is 79.9. The third kappa shape index (κ3) is 5.37. The van der Waals surface area contributed by atoms with Crippen LogP contribution in [0.5, 0.6) is 5.75 Å². The Balaban J connectivity index is 2.37. The van der Waals surface area contributed by atoms with Crippen molar-refractivity contribution in [3.63, 3.8) is 0 Å². The van der Waals surface area contributed by atoms with Crippen LogP contribution in [0.2, 0.25) is 0 Å². The first-order valence-corrected chi connectivity index (χ1v) is 9.39. The van der Waals surface area contributed by atoms with Crippen LogP contribution in [-0.4, -0.2) is 15.0 Å². The van der Waals surface area contributed by atoms with Crippen molar-refractivity contribution in [3.05, 3.63) is 69.0 Å². The maximum absolute atomic E-state index is 12.5. The average Bonchev–Trinajstić information content (AvgIpc) is 2.55. The number of sulfone groups is 1. The lowest BCUT2D eigenvalue weighted by Crippen LogP contribution is -2.07. The number of allylic oxidation sites excluding steroid dienone is 1. The van der Waals surface area contributed by atoms with Crippen molar-refractivity contribution in [1.82, 2.24) is 0 Å². The topological polar surface area (TPSA) is 67.2 Å². The van der Waals surface area contributed by atoms with E-state index in [-0.39, 0.29) is 17.1 Å². The normalized spacial score (nSPS) is 12.0. The van der Waals surface area contributed by atoms with Crippen LogP contribution in [0.15, 0.2) is 57.9 Å². The lowest BCUT2D eigenvalue weighted by molar-refractivity contribution is -0.0499. The second kappa shape index (κ2) is 8.23. The average molecular weight is 428 g/mol. The van der Waals surface area contributed by atoms with Gasteiger partial charge in [0, 0.05) is 10.0 Å². The first-order chi connectivity index (χ1) is 11.8. The first kappa shape index (κ1) is 19.1. The number of para-hydroxylation sites is 1. The maximum Gasteiger partial charge on any atom is 0.387 e. The first-order valence-electron chi connectivity index (χ1n) is 6.94. The molecule has 0 aliphatic rings. The number of rotatable bonds is 6. The Morgan fingerprint density at radius 1 is 1.20 bits per heavy atom. The van der Waals surface area contributed by atoms with E-state index in [2.05, 4.69) is 20.7 Å². The van der Waals surface area contributed by atoms with Crippen LogP contribution < -0.4 is 4.74 Å². The van der Waals surface area contributed by atoms with E-state index in [1.54, 1.807) is 30.3 Å². The predicted molar refractivity (Wildman–Crippen MR) is 93.4 cm³/mol. The summed E-state index contributed by atoms with van der Waals surface area (Å²) in [6.07, 6.45) is 1.03. The second-order valence-corrected chi connectivity index (χ2v) is 7.80. The van der Waals surface area contributed by atoms with Crippen LogP contribution >= 0.6 is 15.9 Å². The van der Waals surface area contributed by atoms with Gasteiger partial charge in [0.15, 0.2) is 9.84 Å². The Morgan fingerprint density at radius 3 is 2.44 bits per heavy atom. The molecule has 0 saturated carbocycles. The highest BCUT2D eigenvalue weighted by Gasteiger charge is 2.20. The molecule has 0 fully saturated rings. The zero-order valence-corrected chi connectivity index (χ0v) is 15.1. The molecule has 0 spiro atoms. The Labute approximate surface area is 152 Å². The molecule has 0 atom stereocenters. The molecular weight excluding hydrogens is 416 g/mol. The standard InChI is InChI=1S/C17H12BrF2NO3S/c18-14-7-5-12(6-8-14)11-25(22,23)15(10-21)9-13-3-1-2-4-16(13)24-17(19)20/h1-9,17H,11H2. The molecule has 0 aliphatic heterocycles. The summed E-state index contributed by atoms with van der Waals surface area (Å²) in [7, 11) is -3.94. The molecule has 2 rings (SSSR count). The van der Waals surface area contributed by atoms with Crippen LogP contribution in [-0.2, 0) is 15.6 Å². The van der Waals surface area contributed by atoms with E-state index in [9.17, 15) is 22.5 Å². The summed E-state index contributed by atoms with van der Waals surface area (Å²) >= 11 is 3.25. The van der Waals surface area contributed by atoms with Gasteiger partial charge in [-0.2, -0.15) is 14.0 Å². The monoisotopic (exact) mass is 427 g/mol. The van der Waals surface area contributed by atoms with Gasteiger partial charge >= 0.3 is 6.61 Å². The van der Waals surface area contributed by atoms with Crippen molar-refractivity contribution in [2.75, 3.05) is 0 Å². The Morgan fingerprint density at radius 2 is 1.84 bits per heavy atom. The molecule has 130 valence electrons. The molecular formula is C17H12BrF2NO3S. The molecule has 0 unspecified atom stereocenters. The fraction of sp³-hybridized carbons (Fsp3) is 0.118. The zero-order valence-electron chi connectivity index (χ0n) is 12.7. The van der Waals surface area contributed by atoms with Gasteiger partial charge in [0.25, 0.3) is 0 Å². The summed E-state index contributed by atoms with van der Waals surface area (Å²) in [4.78, 5) is -0.527. The third-order valence-electron chi connectivity index (χ3n) is 3.14. The minimum absolute atomic E-state index is 0.0822. The number of nitriles is 1. The Bertz CT molecular complexity index is 920. The number of hydrogen-bond acceptors (Lipinski definition) is 4. The van der Waals surface area contributed by atoms with E-state index >= 15 is 0 Å². The van der Waals surface area contributed by atoms with Crippen molar-refractivity contribution >= 4 is 31.8 Å². The van der Waals surface area contributed by atoms with E-state index < -0.39 is 21.4 Å². The largest absolute Gasteiger partial charge is 0.434 e. The summed E-state index contributed by atoms with van der Waals surface area (Å²) < 4.78 is 55.0. The number of ether oxygens (including phenoxy) is 1. The van der Waals surface area contributed by atoms with Gasteiger partial charge in [-0.25, -0.2) is 8.42 Å². The molecule has 0 aromatic heterocycles. The lowest BCUT2D eigenvalue weighted by atomic mass is 10.2. The molecule has 25 heavy (non-hydrogen) atoms. The summed E-state index contributed by atoms with van der Waals surface area (Å²) in [5.74, 6) is -0.582. The van der Waals surface area contributed by atoms with Crippen LogP contribution in [0.1, 0.15) is 11.1 Å². The van der Waals surface area contributed by atoms with E-state index in [1.807, 2.05) is 0 Å². The van der Waals surface area contributed by atoms with E-state index in [0.29, 0.717) is 5.56 Å². The fourth-order valence-electron chi connectivity index (χ4n) is 2.01. The van der Waals surface area contributed by atoms with Crippen molar-refractivity contribution in [3.8, 4) is 11.8 Å². The van der Waals surface area contributed by atoms with Gasteiger partial charge < -0.3 is 4.74 Å². The number of alkyl halides is 2. The Hall–Kier alpha value is -2.24. The number of benzene rings is 2. The number of hydrogen-bond donors (Lipinski definition) is 0. The third-order valence-corrected chi connectivity index (χ3v) is 5.26. The molecule has 0 heterocycles. The number of nitrogens with zero attached hydrogens (tertiary/aromatic N) is 1. The molecule has 0 aliphatic carbocycles. The summed E-state index contributed by atoms with van der Waals surface area (Å²) in [6.45, 7) is -3.06. The maximum atomic E-state index is 12.5. The second-order valence-electron chi connectivity index (χ2n) is 4.92. The summed E-state index contributed by atoms with van der Waals surface area (Å²) in [5, 5.41) is 9.22. The van der Waals surface area contributed by atoms with Crippen molar-refractivity contribution in [1.29, 1.82) is 5.26 Å². The zero-order chi connectivity index (χ0) is 18.4. The number of halogens is 3. The van der Waals surface area contributed by atoms with Crippen LogP contribution in [0, 0.1) is 11.3 Å². The molecule has 0 radical (unpaired) electrons. The molecule has 8 heteroatoms. The SMILES string of the molecule is N#CC(=Cc1ccccc1OC(F)F)S(=O)(=O)Cc1ccc(Br)cc1. The summed E-state index contributed by atoms with van der Waals surface area (Å²) in [5.41, 5.74) is 0.584. The van der Waals surface area contributed by atoms with E-state index in [4.69, 9.17) is 0 Å². The molecule has 0 saturated heterocycles. The molecule has 0 N–H and O–H groups in total. The van der Waals surface area contributed by atoms with Crippen molar-refractivity contribution < 1.29 is 21.9 Å². The summed E-state index contributed by atoms with van der Waals surface area (Å²) in [6, 6.07) is 13.9. The smallest absolute Gasteiger partial charge is 0.387 e. The van der Waals surface area contributed by atoms with Gasteiger partial charge in [0.2, 0.25) is 0 Å². The van der Waals surface area contributed by atoms with Crippen molar-refractivity contribution in [2.24, 2.45) is 0 Å². The Kier molecular flexibility index (Phi) is 6.28. The molecule has 2 aromatic rings. The highest BCUT2D eigenvalue weighted by Crippen LogP contribution is 2.25. The van der Waals surface area contributed by atoms with Gasteiger partial charge in [0.1, 0.15) is 16.7 Å². The molecule has 0 amide bonds. The van der Waals surface area contributed by atoms with Crippen molar-refractivity contribution in [2.45, 2.75) is 12.4 Å². The van der Waals surface area contributed by atoms with Gasteiger partial charge in [-0.3, -0.25) is 0 Å².